The van der Waals surface area contributed by atoms with Crippen LogP contribution in [0.1, 0.15) is 29.8 Å². The molecule has 1 aromatic carbocycles. The summed E-state index contributed by atoms with van der Waals surface area (Å²) in [7, 11) is 1.28. The number of halogens is 3. The van der Waals surface area contributed by atoms with Gasteiger partial charge >= 0.3 is 12.1 Å². The monoisotopic (exact) mass is 346 g/mol. The first-order chi connectivity index (χ1) is 10.9. The van der Waals surface area contributed by atoms with Gasteiger partial charge in [0.2, 0.25) is 5.91 Å². The van der Waals surface area contributed by atoms with Crippen molar-refractivity contribution in [1.82, 2.24) is 10.2 Å². The molecule has 24 heavy (non-hydrogen) atoms. The first-order valence-corrected chi connectivity index (χ1v) is 6.83. The standard InChI is InChI=1S/C15H17F3N2O4/c1-14(2,13(23)24)20(3)11(21)8-19-12(22)9-4-6-10(7-5-9)15(16,17)18/h4-7H,8H2,1-3H3,(H,19,22)(H,23,24). The molecule has 0 spiro atoms. The van der Waals surface area contributed by atoms with Gasteiger partial charge in [0.1, 0.15) is 5.54 Å². The van der Waals surface area contributed by atoms with E-state index in [-0.39, 0.29) is 5.56 Å². The van der Waals surface area contributed by atoms with E-state index in [0.29, 0.717) is 0 Å². The highest BCUT2D eigenvalue weighted by Crippen LogP contribution is 2.29. The Bertz CT molecular complexity index is 639. The number of hydrogen-bond acceptors (Lipinski definition) is 3. The molecule has 0 aliphatic rings. The van der Waals surface area contributed by atoms with Crippen molar-refractivity contribution in [1.29, 1.82) is 0 Å². The van der Waals surface area contributed by atoms with Crippen molar-refractivity contribution in [3.63, 3.8) is 0 Å². The third-order valence-electron chi connectivity index (χ3n) is 3.61. The van der Waals surface area contributed by atoms with E-state index in [1.54, 1.807) is 0 Å². The lowest BCUT2D eigenvalue weighted by Crippen LogP contribution is -2.53. The van der Waals surface area contributed by atoms with Crippen LogP contribution in [0.25, 0.3) is 0 Å². The molecule has 0 saturated heterocycles. The topological polar surface area (TPSA) is 86.7 Å². The molecular formula is C15H17F3N2O4. The summed E-state index contributed by atoms with van der Waals surface area (Å²) in [5.41, 5.74) is -2.40. The van der Waals surface area contributed by atoms with Gasteiger partial charge < -0.3 is 15.3 Å². The maximum Gasteiger partial charge on any atom is 0.416 e. The van der Waals surface area contributed by atoms with Crippen molar-refractivity contribution >= 4 is 17.8 Å². The Morgan fingerprint density at radius 2 is 1.62 bits per heavy atom. The largest absolute Gasteiger partial charge is 0.480 e. The fourth-order valence-corrected chi connectivity index (χ4v) is 1.64. The van der Waals surface area contributed by atoms with Crippen LogP contribution >= 0.6 is 0 Å². The van der Waals surface area contributed by atoms with Gasteiger partial charge in [-0.3, -0.25) is 9.59 Å². The van der Waals surface area contributed by atoms with Crippen molar-refractivity contribution in [2.24, 2.45) is 0 Å². The first kappa shape index (κ1) is 19.5. The van der Waals surface area contributed by atoms with Gasteiger partial charge in [-0.2, -0.15) is 13.2 Å². The van der Waals surface area contributed by atoms with E-state index in [9.17, 15) is 27.6 Å². The highest BCUT2D eigenvalue weighted by Gasteiger charge is 2.35. The number of nitrogens with one attached hydrogen (secondary N) is 1. The Morgan fingerprint density at radius 3 is 2.04 bits per heavy atom. The summed E-state index contributed by atoms with van der Waals surface area (Å²) in [5, 5.41) is 11.3. The Balaban J connectivity index is 2.69. The minimum atomic E-state index is -4.50. The Morgan fingerprint density at radius 1 is 1.12 bits per heavy atom. The number of amides is 2. The molecular weight excluding hydrogens is 329 g/mol. The number of nitrogens with zero attached hydrogens (tertiary/aromatic N) is 1. The molecule has 9 heteroatoms. The summed E-state index contributed by atoms with van der Waals surface area (Å²) >= 11 is 0. The van der Waals surface area contributed by atoms with Crippen molar-refractivity contribution in [3.8, 4) is 0 Å². The molecule has 0 fully saturated rings. The van der Waals surface area contributed by atoms with Crippen LogP contribution in [0, 0.1) is 0 Å². The second-order valence-electron chi connectivity index (χ2n) is 5.57. The second kappa shape index (κ2) is 6.90. The molecule has 2 amide bonds. The van der Waals surface area contributed by atoms with Gasteiger partial charge in [-0.25, -0.2) is 4.79 Å². The molecule has 0 radical (unpaired) electrons. The maximum absolute atomic E-state index is 12.4. The number of carbonyl (C=O) groups excluding carboxylic acids is 2. The third kappa shape index (κ3) is 4.46. The summed E-state index contributed by atoms with van der Waals surface area (Å²) in [6.45, 7) is 2.17. The highest BCUT2D eigenvalue weighted by atomic mass is 19.4. The van der Waals surface area contributed by atoms with Crippen LogP contribution in [-0.2, 0) is 15.8 Å². The van der Waals surface area contributed by atoms with Crippen LogP contribution in [-0.4, -0.2) is 46.9 Å². The number of alkyl halides is 3. The number of rotatable bonds is 5. The van der Waals surface area contributed by atoms with Crippen LogP contribution in [0.3, 0.4) is 0 Å². The molecule has 1 rings (SSSR count). The number of hydrogen-bond donors (Lipinski definition) is 2. The van der Waals surface area contributed by atoms with Gasteiger partial charge in [-0.05, 0) is 38.1 Å². The molecule has 6 nitrogen and oxygen atoms in total. The number of carboxylic acids is 1. The molecule has 0 aromatic heterocycles. The lowest BCUT2D eigenvalue weighted by atomic mass is 10.0. The maximum atomic E-state index is 12.4. The molecule has 0 aliphatic carbocycles. The molecule has 0 unspecified atom stereocenters. The fourth-order valence-electron chi connectivity index (χ4n) is 1.64. The smallest absolute Gasteiger partial charge is 0.416 e. The number of aliphatic carboxylic acids is 1. The summed E-state index contributed by atoms with van der Waals surface area (Å²) in [6.07, 6.45) is -4.50. The predicted octanol–water partition coefficient (Wildman–Crippen LogP) is 1.76. The molecule has 1 aromatic rings. The van der Waals surface area contributed by atoms with Crippen LogP contribution in [0.4, 0.5) is 13.2 Å². The van der Waals surface area contributed by atoms with Crippen molar-refractivity contribution in [3.05, 3.63) is 35.4 Å². The van der Waals surface area contributed by atoms with E-state index in [1.165, 1.54) is 20.9 Å². The van der Waals surface area contributed by atoms with Crippen molar-refractivity contribution < 1.29 is 32.7 Å². The zero-order valence-corrected chi connectivity index (χ0v) is 13.3. The SMILES string of the molecule is CN(C(=O)CNC(=O)c1ccc(C(F)(F)F)cc1)C(C)(C)C(=O)O. The second-order valence-corrected chi connectivity index (χ2v) is 5.57. The zero-order valence-electron chi connectivity index (χ0n) is 13.3. The summed E-state index contributed by atoms with van der Waals surface area (Å²) in [4.78, 5) is 35.8. The summed E-state index contributed by atoms with van der Waals surface area (Å²) in [5.74, 6) is -2.60. The Kier molecular flexibility index (Phi) is 5.59. The normalized spacial score (nSPS) is 11.8. The van der Waals surface area contributed by atoms with Crippen molar-refractivity contribution in [2.75, 3.05) is 13.6 Å². The van der Waals surface area contributed by atoms with Crippen LogP contribution in [0.2, 0.25) is 0 Å². The molecule has 2 N–H and O–H groups in total. The Hall–Kier alpha value is -2.58. The quantitative estimate of drug-likeness (QED) is 0.851. The number of carbonyl (C=O) groups is 3. The van der Waals surface area contributed by atoms with Gasteiger partial charge in [0.15, 0.2) is 0 Å². The summed E-state index contributed by atoms with van der Waals surface area (Å²) < 4.78 is 37.3. The van der Waals surface area contributed by atoms with E-state index in [2.05, 4.69) is 5.32 Å². The third-order valence-corrected chi connectivity index (χ3v) is 3.61. The van der Waals surface area contributed by atoms with E-state index >= 15 is 0 Å². The van der Waals surface area contributed by atoms with Crippen LogP contribution in [0.5, 0.6) is 0 Å². The predicted molar refractivity (Wildman–Crippen MR) is 78.3 cm³/mol. The number of benzene rings is 1. The fraction of sp³-hybridized carbons (Fsp3) is 0.400. The van der Waals surface area contributed by atoms with Gasteiger partial charge in [0.25, 0.3) is 5.91 Å². The van der Waals surface area contributed by atoms with Crippen molar-refractivity contribution in [2.45, 2.75) is 25.6 Å². The van der Waals surface area contributed by atoms with Crippen LogP contribution < -0.4 is 5.32 Å². The summed E-state index contributed by atoms with van der Waals surface area (Å²) in [6, 6.07) is 3.51. The van der Waals surface area contributed by atoms with E-state index < -0.39 is 41.6 Å². The van der Waals surface area contributed by atoms with Gasteiger partial charge in [0.05, 0.1) is 12.1 Å². The molecule has 0 bridgehead atoms. The Labute approximate surface area is 136 Å². The lowest BCUT2D eigenvalue weighted by molar-refractivity contribution is -0.154. The van der Waals surface area contributed by atoms with E-state index in [0.717, 1.165) is 29.2 Å². The zero-order chi connectivity index (χ0) is 18.7. The van der Waals surface area contributed by atoms with Gasteiger partial charge in [-0.15, -0.1) is 0 Å². The van der Waals surface area contributed by atoms with E-state index in [4.69, 9.17) is 5.11 Å². The minimum absolute atomic E-state index is 0.0454. The molecule has 0 atom stereocenters. The van der Waals surface area contributed by atoms with Gasteiger partial charge in [-0.1, -0.05) is 0 Å². The number of likely N-dealkylation sites (N-methyl/N-ethyl adjacent to an activating group) is 1. The van der Waals surface area contributed by atoms with Gasteiger partial charge in [0, 0.05) is 12.6 Å². The average Bonchev–Trinajstić information content (AvgIpc) is 2.50. The highest BCUT2D eigenvalue weighted by molar-refractivity contribution is 5.97. The first-order valence-electron chi connectivity index (χ1n) is 6.83. The molecule has 0 aliphatic heterocycles. The lowest BCUT2D eigenvalue weighted by Gasteiger charge is -2.31. The molecule has 0 heterocycles. The average molecular weight is 346 g/mol. The molecule has 0 saturated carbocycles. The van der Waals surface area contributed by atoms with E-state index in [1.807, 2.05) is 0 Å². The minimum Gasteiger partial charge on any atom is -0.480 e. The van der Waals surface area contributed by atoms with Crippen LogP contribution in [0.15, 0.2) is 24.3 Å². The number of carboxylic acid groups (broad SMARTS) is 1. The molecule has 132 valence electrons.